The van der Waals surface area contributed by atoms with E-state index >= 15 is 0 Å². The first kappa shape index (κ1) is 18.8. The van der Waals surface area contributed by atoms with Crippen LogP contribution in [0.2, 0.25) is 0 Å². The summed E-state index contributed by atoms with van der Waals surface area (Å²) in [6.45, 7) is 4.44. The third-order valence-electron chi connectivity index (χ3n) is 5.55. The number of amides is 2. The summed E-state index contributed by atoms with van der Waals surface area (Å²) < 4.78 is 16.3. The highest BCUT2D eigenvalue weighted by molar-refractivity contribution is 6.09. The van der Waals surface area contributed by atoms with Gasteiger partial charge in [0.25, 0.3) is 5.91 Å². The largest absolute Gasteiger partial charge is 0.497 e. The maximum atomic E-state index is 13.0. The molecule has 1 atom stereocenters. The molecule has 1 aromatic rings. The Morgan fingerprint density at radius 2 is 2.00 bits per heavy atom. The van der Waals surface area contributed by atoms with Crippen LogP contribution < -0.4 is 15.2 Å². The second-order valence-electron chi connectivity index (χ2n) is 7.20. The summed E-state index contributed by atoms with van der Waals surface area (Å²) in [7, 11) is 1.57. The van der Waals surface area contributed by atoms with Gasteiger partial charge in [-0.25, -0.2) is 0 Å². The Morgan fingerprint density at radius 3 is 2.75 bits per heavy atom. The van der Waals surface area contributed by atoms with Crippen molar-refractivity contribution in [2.24, 2.45) is 5.73 Å². The van der Waals surface area contributed by atoms with E-state index in [0.29, 0.717) is 23.6 Å². The van der Waals surface area contributed by atoms with Crippen LogP contribution >= 0.6 is 0 Å². The van der Waals surface area contributed by atoms with Gasteiger partial charge in [0.1, 0.15) is 11.5 Å². The third kappa shape index (κ3) is 3.45. The number of ether oxygens (including phenoxy) is 3. The van der Waals surface area contributed by atoms with Gasteiger partial charge in [-0.3, -0.25) is 19.4 Å². The maximum absolute atomic E-state index is 13.0. The molecule has 0 saturated carbocycles. The van der Waals surface area contributed by atoms with E-state index in [1.165, 1.54) is 4.90 Å². The van der Waals surface area contributed by atoms with E-state index in [1.807, 2.05) is 6.07 Å². The fraction of sp³-hybridized carbons (Fsp3) is 0.500. The number of benzene rings is 1. The number of carbonyl (C=O) groups is 2. The van der Waals surface area contributed by atoms with E-state index in [1.54, 1.807) is 19.2 Å². The Morgan fingerprint density at radius 1 is 1.21 bits per heavy atom. The van der Waals surface area contributed by atoms with Crippen LogP contribution in [0.5, 0.6) is 11.5 Å². The molecule has 0 radical (unpaired) electrons. The molecule has 4 rings (SSSR count). The van der Waals surface area contributed by atoms with Crippen molar-refractivity contribution in [3.63, 3.8) is 0 Å². The molecule has 8 heteroatoms. The molecule has 3 heterocycles. The number of fused-ring (bicyclic) bond motifs is 3. The predicted molar refractivity (Wildman–Crippen MR) is 101 cm³/mol. The van der Waals surface area contributed by atoms with Gasteiger partial charge in [0.2, 0.25) is 5.91 Å². The number of carbonyl (C=O) groups excluding carboxylic acids is 2. The van der Waals surface area contributed by atoms with Crippen LogP contribution in [0.25, 0.3) is 0 Å². The van der Waals surface area contributed by atoms with Crippen molar-refractivity contribution in [1.29, 1.82) is 0 Å². The number of hydrogen-bond donors (Lipinski definition) is 1. The molecule has 1 aromatic carbocycles. The van der Waals surface area contributed by atoms with Crippen LogP contribution in [-0.2, 0) is 14.3 Å². The summed E-state index contributed by atoms with van der Waals surface area (Å²) in [5, 5.41) is 0. The average molecular weight is 387 g/mol. The monoisotopic (exact) mass is 387 g/mol. The van der Waals surface area contributed by atoms with E-state index in [0.717, 1.165) is 44.8 Å². The van der Waals surface area contributed by atoms with Crippen molar-refractivity contribution in [1.82, 2.24) is 9.80 Å². The molecule has 0 aliphatic carbocycles. The van der Waals surface area contributed by atoms with E-state index < -0.39 is 0 Å². The van der Waals surface area contributed by atoms with Crippen molar-refractivity contribution in [2.75, 3.05) is 46.5 Å². The van der Waals surface area contributed by atoms with Crippen molar-refractivity contribution < 1.29 is 23.8 Å². The van der Waals surface area contributed by atoms with E-state index in [4.69, 9.17) is 19.9 Å². The number of hydrogen-bond acceptors (Lipinski definition) is 7. The quantitative estimate of drug-likeness (QED) is 0.748. The zero-order valence-electron chi connectivity index (χ0n) is 16.0. The summed E-state index contributed by atoms with van der Waals surface area (Å²) in [4.78, 5) is 29.3. The molecule has 1 unspecified atom stereocenters. The predicted octanol–water partition coefficient (Wildman–Crippen LogP) is 0.823. The highest BCUT2D eigenvalue weighted by Gasteiger charge is 2.43. The summed E-state index contributed by atoms with van der Waals surface area (Å²) in [5.74, 6) is 0.353. The summed E-state index contributed by atoms with van der Waals surface area (Å²) in [5.41, 5.74) is 7.24. The van der Waals surface area contributed by atoms with Gasteiger partial charge in [0.15, 0.2) is 5.88 Å². The van der Waals surface area contributed by atoms with E-state index in [-0.39, 0.29) is 30.0 Å². The van der Waals surface area contributed by atoms with Crippen molar-refractivity contribution in [2.45, 2.75) is 18.8 Å². The summed E-state index contributed by atoms with van der Waals surface area (Å²) in [6, 6.07) is 5.35. The Kier molecular flexibility index (Phi) is 5.23. The van der Waals surface area contributed by atoms with Crippen LogP contribution in [0.1, 0.15) is 24.3 Å². The molecular weight excluding hydrogens is 362 g/mol. The van der Waals surface area contributed by atoms with Gasteiger partial charge in [-0.15, -0.1) is 0 Å². The molecule has 3 aliphatic rings. The molecule has 0 spiro atoms. The molecule has 2 saturated heterocycles. The number of rotatable bonds is 5. The lowest BCUT2D eigenvalue weighted by molar-refractivity contribution is -0.145. The number of nitrogens with two attached hydrogens (primary N) is 1. The Balaban J connectivity index is 1.48. The summed E-state index contributed by atoms with van der Waals surface area (Å²) in [6.07, 6.45) is 0.936. The minimum Gasteiger partial charge on any atom is -0.497 e. The van der Waals surface area contributed by atoms with E-state index in [2.05, 4.69) is 4.90 Å². The van der Waals surface area contributed by atoms with Crippen molar-refractivity contribution >= 4 is 11.8 Å². The lowest BCUT2D eigenvalue weighted by Crippen LogP contribution is -2.47. The first-order valence-electron chi connectivity index (χ1n) is 9.58. The van der Waals surface area contributed by atoms with Gasteiger partial charge in [0.05, 0.1) is 25.9 Å². The normalized spacial score (nSPS) is 22.6. The smallest absolute Gasteiger partial charge is 0.262 e. The first-order valence-corrected chi connectivity index (χ1v) is 9.58. The molecule has 2 N–H and O–H groups in total. The Labute approximate surface area is 163 Å². The highest BCUT2D eigenvalue weighted by Crippen LogP contribution is 2.44. The van der Waals surface area contributed by atoms with Gasteiger partial charge in [-0.2, -0.15) is 0 Å². The van der Waals surface area contributed by atoms with Gasteiger partial charge >= 0.3 is 0 Å². The van der Waals surface area contributed by atoms with Crippen LogP contribution in [0.3, 0.4) is 0 Å². The summed E-state index contributed by atoms with van der Waals surface area (Å²) >= 11 is 0. The number of nitrogens with zero attached hydrogens (tertiary/aromatic N) is 2. The number of imide groups is 1. The second kappa shape index (κ2) is 7.81. The molecule has 0 bridgehead atoms. The van der Waals surface area contributed by atoms with Gasteiger partial charge < -0.3 is 19.9 Å². The minimum atomic E-state index is -0.370. The fourth-order valence-corrected chi connectivity index (χ4v) is 4.03. The van der Waals surface area contributed by atoms with Crippen LogP contribution in [0, 0.1) is 0 Å². The van der Waals surface area contributed by atoms with Crippen LogP contribution in [-0.4, -0.2) is 68.1 Å². The number of piperidine rings is 1. The highest BCUT2D eigenvalue weighted by atomic mass is 16.5. The van der Waals surface area contributed by atoms with Crippen molar-refractivity contribution in [3.05, 3.63) is 35.2 Å². The fourth-order valence-electron chi connectivity index (χ4n) is 4.03. The zero-order valence-corrected chi connectivity index (χ0v) is 16.0. The van der Waals surface area contributed by atoms with E-state index in [9.17, 15) is 9.59 Å². The molecule has 3 aliphatic heterocycles. The van der Waals surface area contributed by atoms with Crippen LogP contribution in [0.15, 0.2) is 29.7 Å². The minimum absolute atomic E-state index is 0.0708. The standard InChI is InChI=1S/C20H25N3O5/c1-26-13-3-4-14-15-12-17(24)23(6-2-5-22-7-9-27-10-8-22)20(25)18(15)19(21)28-16(14)11-13/h3-4,11,15H,2,5-10,12,21H2,1H3. The Hall–Kier alpha value is -2.58. The number of methoxy groups -OCH3 is 1. The second-order valence-corrected chi connectivity index (χ2v) is 7.20. The SMILES string of the molecule is COc1ccc2c(c1)OC(N)=C1C(=O)N(CCCN3CCOCC3)C(=O)CC12. The maximum Gasteiger partial charge on any atom is 0.262 e. The molecule has 2 fully saturated rings. The first-order chi connectivity index (χ1) is 13.6. The average Bonchev–Trinajstić information content (AvgIpc) is 2.70. The number of morpholine rings is 1. The van der Waals surface area contributed by atoms with Gasteiger partial charge in [-0.05, 0) is 12.5 Å². The molecule has 28 heavy (non-hydrogen) atoms. The Bertz CT molecular complexity index is 816. The molecule has 2 amide bonds. The van der Waals surface area contributed by atoms with Crippen molar-refractivity contribution in [3.8, 4) is 11.5 Å². The molecule has 150 valence electrons. The number of likely N-dealkylation sites (tertiary alicyclic amines) is 1. The molecular formula is C20H25N3O5. The lowest BCUT2D eigenvalue weighted by Gasteiger charge is -2.36. The van der Waals surface area contributed by atoms with Gasteiger partial charge in [-0.1, -0.05) is 6.07 Å². The molecule has 0 aromatic heterocycles. The van der Waals surface area contributed by atoms with Crippen LogP contribution in [0.4, 0.5) is 0 Å². The zero-order chi connectivity index (χ0) is 19.7. The molecule has 8 nitrogen and oxygen atoms in total. The lowest BCUT2D eigenvalue weighted by atomic mass is 9.82. The third-order valence-corrected chi connectivity index (χ3v) is 5.55. The van der Waals surface area contributed by atoms with Gasteiger partial charge in [0, 0.05) is 50.1 Å². The topological polar surface area (TPSA) is 94.3 Å².